The van der Waals surface area contributed by atoms with Crippen molar-refractivity contribution in [3.63, 3.8) is 0 Å². The second-order valence-electron chi connectivity index (χ2n) is 9.52. The standard InChI is InChI=1S/C27H33N3O2/c1-2-26(31)30-14-6-7-20(18-30)21-15-22-17-28-29-27(22)25(16-21)19-10-12-24(13-11-19)32-23-8-4-3-5-9-23/h2-5,8-13,20-22,25,27-29H,1,6-7,14-18H2. The summed E-state index contributed by atoms with van der Waals surface area (Å²) < 4.78 is 5.99. The average molecular weight is 432 g/mol. The summed E-state index contributed by atoms with van der Waals surface area (Å²) in [5, 5.41) is 0. The van der Waals surface area contributed by atoms with Gasteiger partial charge in [-0.15, -0.1) is 0 Å². The molecule has 5 nitrogen and oxygen atoms in total. The molecule has 2 aliphatic heterocycles. The molecular weight excluding hydrogens is 398 g/mol. The van der Waals surface area contributed by atoms with Crippen molar-refractivity contribution in [3.8, 4) is 11.5 Å². The van der Waals surface area contributed by atoms with Crippen LogP contribution in [0.5, 0.6) is 11.5 Å². The fourth-order valence-electron chi connectivity index (χ4n) is 6.03. The van der Waals surface area contributed by atoms with E-state index < -0.39 is 0 Å². The van der Waals surface area contributed by atoms with E-state index in [2.05, 4.69) is 41.7 Å². The number of hydrogen-bond donors (Lipinski definition) is 2. The minimum atomic E-state index is 0.0816. The maximum absolute atomic E-state index is 12.2. The van der Waals surface area contributed by atoms with Gasteiger partial charge in [-0.1, -0.05) is 36.9 Å². The van der Waals surface area contributed by atoms with Crippen LogP contribution in [0.1, 0.15) is 37.2 Å². The summed E-state index contributed by atoms with van der Waals surface area (Å²) in [4.78, 5) is 14.2. The summed E-state index contributed by atoms with van der Waals surface area (Å²) in [5.41, 5.74) is 8.35. The molecule has 5 unspecified atom stereocenters. The van der Waals surface area contributed by atoms with Gasteiger partial charge in [-0.2, -0.15) is 0 Å². The predicted octanol–water partition coefficient (Wildman–Crippen LogP) is 4.49. The van der Waals surface area contributed by atoms with Crippen LogP contribution in [-0.2, 0) is 4.79 Å². The minimum Gasteiger partial charge on any atom is -0.457 e. The first kappa shape index (κ1) is 21.2. The highest BCUT2D eigenvalue weighted by Gasteiger charge is 2.44. The van der Waals surface area contributed by atoms with Crippen molar-refractivity contribution in [1.29, 1.82) is 0 Å². The van der Waals surface area contributed by atoms with E-state index >= 15 is 0 Å². The molecule has 2 saturated heterocycles. The highest BCUT2D eigenvalue weighted by atomic mass is 16.5. The predicted molar refractivity (Wildman–Crippen MR) is 126 cm³/mol. The van der Waals surface area contributed by atoms with Crippen molar-refractivity contribution in [2.24, 2.45) is 17.8 Å². The fourth-order valence-corrected chi connectivity index (χ4v) is 6.03. The molecule has 168 valence electrons. The van der Waals surface area contributed by atoms with Crippen LogP contribution in [0.25, 0.3) is 0 Å². The summed E-state index contributed by atoms with van der Waals surface area (Å²) in [6, 6.07) is 19.0. The minimum absolute atomic E-state index is 0.0816. The van der Waals surface area contributed by atoms with Crippen molar-refractivity contribution in [2.75, 3.05) is 19.6 Å². The zero-order valence-electron chi connectivity index (χ0n) is 18.6. The van der Waals surface area contributed by atoms with Crippen LogP contribution in [0.4, 0.5) is 0 Å². The summed E-state index contributed by atoms with van der Waals surface area (Å²) in [6.45, 7) is 6.46. The molecule has 1 aliphatic carbocycles. The van der Waals surface area contributed by atoms with Crippen molar-refractivity contribution < 1.29 is 9.53 Å². The van der Waals surface area contributed by atoms with Gasteiger partial charge in [0.25, 0.3) is 0 Å². The summed E-state index contributed by atoms with van der Waals surface area (Å²) in [6.07, 6.45) is 6.18. The third-order valence-corrected chi connectivity index (χ3v) is 7.63. The maximum atomic E-state index is 12.2. The van der Waals surface area contributed by atoms with Crippen LogP contribution < -0.4 is 15.6 Å². The number of rotatable bonds is 5. The molecule has 5 atom stereocenters. The molecule has 1 saturated carbocycles. The number of nitrogens with one attached hydrogen (secondary N) is 2. The lowest BCUT2D eigenvalue weighted by Crippen LogP contribution is -2.46. The first-order valence-corrected chi connectivity index (χ1v) is 11.9. The maximum Gasteiger partial charge on any atom is 0.245 e. The number of carbonyl (C=O) groups is 1. The molecule has 0 aromatic heterocycles. The van der Waals surface area contributed by atoms with E-state index in [1.165, 1.54) is 24.5 Å². The molecule has 5 heteroatoms. The van der Waals surface area contributed by atoms with E-state index in [0.29, 0.717) is 29.7 Å². The topological polar surface area (TPSA) is 53.6 Å². The van der Waals surface area contributed by atoms with Gasteiger partial charge >= 0.3 is 0 Å². The van der Waals surface area contributed by atoms with Crippen LogP contribution in [0, 0.1) is 17.8 Å². The van der Waals surface area contributed by atoms with Crippen LogP contribution in [0.3, 0.4) is 0 Å². The average Bonchev–Trinajstić information content (AvgIpc) is 3.33. The highest BCUT2D eigenvalue weighted by Crippen LogP contribution is 2.45. The lowest BCUT2D eigenvalue weighted by atomic mass is 9.65. The van der Waals surface area contributed by atoms with Crippen LogP contribution in [-0.4, -0.2) is 36.5 Å². The molecule has 0 radical (unpaired) electrons. The van der Waals surface area contributed by atoms with Gasteiger partial charge in [0.15, 0.2) is 0 Å². The SMILES string of the molecule is C=CC(=O)N1CCCC(C2CC3CNNC3C(c3ccc(Oc4ccccc4)cc3)C2)C1. The molecule has 2 aromatic carbocycles. The van der Waals surface area contributed by atoms with Crippen molar-refractivity contribution in [3.05, 3.63) is 72.8 Å². The normalized spacial score (nSPS) is 29.9. The van der Waals surface area contributed by atoms with Crippen molar-refractivity contribution >= 4 is 5.91 Å². The summed E-state index contributed by atoms with van der Waals surface area (Å²) in [7, 11) is 0. The third-order valence-electron chi connectivity index (χ3n) is 7.63. The Hall–Kier alpha value is -2.63. The number of piperidine rings is 1. The van der Waals surface area contributed by atoms with Gasteiger partial charge in [-0.05, 0) is 79.3 Å². The zero-order chi connectivity index (χ0) is 21.9. The summed E-state index contributed by atoms with van der Waals surface area (Å²) >= 11 is 0. The van der Waals surface area contributed by atoms with E-state index in [0.717, 1.165) is 44.0 Å². The number of nitrogens with zero attached hydrogens (tertiary/aromatic N) is 1. The Labute approximate surface area is 190 Å². The van der Waals surface area contributed by atoms with Gasteiger partial charge in [0, 0.05) is 31.6 Å². The number of likely N-dealkylation sites (tertiary alicyclic amines) is 1. The number of hydrogen-bond acceptors (Lipinski definition) is 4. The molecule has 1 amide bonds. The number of hydrazine groups is 1. The van der Waals surface area contributed by atoms with E-state index in [1.54, 1.807) is 0 Å². The van der Waals surface area contributed by atoms with E-state index in [1.807, 2.05) is 35.2 Å². The number of fused-ring (bicyclic) bond motifs is 1. The van der Waals surface area contributed by atoms with Gasteiger partial charge in [0.05, 0.1) is 0 Å². The lowest BCUT2D eigenvalue weighted by molar-refractivity contribution is -0.128. The molecule has 2 N–H and O–H groups in total. The van der Waals surface area contributed by atoms with E-state index in [-0.39, 0.29) is 5.91 Å². The van der Waals surface area contributed by atoms with Gasteiger partial charge in [-0.3, -0.25) is 15.6 Å². The Morgan fingerprint density at radius 1 is 1.00 bits per heavy atom. The smallest absolute Gasteiger partial charge is 0.245 e. The molecular formula is C27H33N3O2. The number of carbonyl (C=O) groups excluding carboxylic acids is 1. The molecule has 3 aliphatic rings. The van der Waals surface area contributed by atoms with E-state index in [4.69, 9.17) is 4.74 Å². The lowest BCUT2D eigenvalue weighted by Gasteiger charge is -2.44. The Bertz CT molecular complexity index is 930. The van der Waals surface area contributed by atoms with Gasteiger partial charge in [-0.25, -0.2) is 0 Å². The molecule has 2 aromatic rings. The molecule has 3 fully saturated rings. The Morgan fingerprint density at radius 3 is 2.56 bits per heavy atom. The van der Waals surface area contributed by atoms with Crippen molar-refractivity contribution in [1.82, 2.24) is 15.8 Å². The second-order valence-corrected chi connectivity index (χ2v) is 9.52. The largest absolute Gasteiger partial charge is 0.457 e. The second kappa shape index (κ2) is 9.47. The zero-order valence-corrected chi connectivity index (χ0v) is 18.6. The quantitative estimate of drug-likeness (QED) is 0.685. The number of ether oxygens (including phenoxy) is 1. The number of para-hydroxylation sites is 1. The van der Waals surface area contributed by atoms with Crippen LogP contribution >= 0.6 is 0 Å². The van der Waals surface area contributed by atoms with E-state index in [9.17, 15) is 4.79 Å². The van der Waals surface area contributed by atoms with Gasteiger partial charge in [0.1, 0.15) is 11.5 Å². The molecule has 0 bridgehead atoms. The van der Waals surface area contributed by atoms with Crippen LogP contribution in [0.15, 0.2) is 67.3 Å². The van der Waals surface area contributed by atoms with Crippen molar-refractivity contribution in [2.45, 2.75) is 37.6 Å². The molecule has 32 heavy (non-hydrogen) atoms. The van der Waals surface area contributed by atoms with Gasteiger partial charge < -0.3 is 9.64 Å². The first-order chi connectivity index (χ1) is 15.7. The molecule has 5 rings (SSSR count). The third kappa shape index (κ3) is 4.45. The Kier molecular flexibility index (Phi) is 6.28. The number of benzene rings is 2. The van der Waals surface area contributed by atoms with Crippen LogP contribution in [0.2, 0.25) is 0 Å². The fraction of sp³-hybridized carbons (Fsp3) is 0.444. The monoisotopic (exact) mass is 431 g/mol. The Morgan fingerprint density at radius 2 is 1.78 bits per heavy atom. The first-order valence-electron chi connectivity index (χ1n) is 11.9. The molecule has 0 spiro atoms. The number of amides is 1. The highest BCUT2D eigenvalue weighted by molar-refractivity contribution is 5.87. The summed E-state index contributed by atoms with van der Waals surface area (Å²) in [5.74, 6) is 4.12. The molecule has 2 heterocycles. The van der Waals surface area contributed by atoms with Gasteiger partial charge in [0.2, 0.25) is 5.91 Å². The Balaban J connectivity index is 1.31.